The Hall–Kier alpha value is -1.93. The molecule has 141 valence electrons. The predicted molar refractivity (Wildman–Crippen MR) is 76.4 cm³/mol. The van der Waals surface area contributed by atoms with Crippen LogP contribution in [-0.2, 0) is 21.7 Å². The topological polar surface area (TPSA) is 0 Å². The van der Waals surface area contributed by atoms with Crippen molar-refractivity contribution >= 4 is 0 Å². The van der Waals surface area contributed by atoms with Gasteiger partial charge in [-0.15, -0.1) is 18.6 Å². The summed E-state index contributed by atoms with van der Waals surface area (Å²) in [7, 11) is 0. The van der Waals surface area contributed by atoms with Gasteiger partial charge in [0.15, 0.2) is 0 Å². The van der Waals surface area contributed by atoms with Crippen molar-refractivity contribution < 1.29 is 56.8 Å². The van der Waals surface area contributed by atoms with Gasteiger partial charge < -0.3 is 0 Å². The molecule has 0 nitrogen and oxygen atoms in total. The molecule has 2 aromatic rings. The van der Waals surface area contributed by atoms with Crippen LogP contribution in [0.4, 0.5) is 35.1 Å². The minimum Gasteiger partial charge on any atom is -0.281 e. The van der Waals surface area contributed by atoms with E-state index in [1.807, 2.05) is 0 Å². The van der Waals surface area contributed by atoms with Crippen LogP contribution in [-0.4, -0.2) is 0 Å². The molecular weight excluding hydrogens is 416 g/mol. The third kappa shape index (κ3) is 8.53. The summed E-state index contributed by atoms with van der Waals surface area (Å²) < 4.78 is 95.5. The number of allylic oxidation sites excluding steroid dienone is 4. The molecule has 0 heterocycles. The van der Waals surface area contributed by atoms with Crippen molar-refractivity contribution in [3.8, 4) is 0 Å². The molecule has 0 aromatic heterocycles. The maximum atomic E-state index is 11.9. The molecule has 0 saturated carbocycles. The Morgan fingerprint density at radius 1 is 0.667 bits per heavy atom. The first-order valence-electron chi connectivity index (χ1n) is 6.80. The van der Waals surface area contributed by atoms with Crippen molar-refractivity contribution in [2.45, 2.75) is 13.3 Å². The summed E-state index contributed by atoms with van der Waals surface area (Å²) in [5.74, 6) is -11.8. The van der Waals surface area contributed by atoms with Crippen LogP contribution >= 0.6 is 0 Å². The number of rotatable bonds is 0. The van der Waals surface area contributed by atoms with Gasteiger partial charge in [0, 0.05) is 46.5 Å². The van der Waals surface area contributed by atoms with Crippen molar-refractivity contribution in [3.05, 3.63) is 94.6 Å². The van der Waals surface area contributed by atoms with Crippen molar-refractivity contribution in [1.29, 1.82) is 0 Å². The van der Waals surface area contributed by atoms with Crippen LogP contribution in [0.25, 0.3) is 0 Å². The van der Waals surface area contributed by atoms with Crippen LogP contribution in [0.15, 0.2) is 29.9 Å². The fourth-order valence-corrected chi connectivity index (χ4v) is 1.42. The molecule has 1 aliphatic carbocycles. The molecular formula is C18H9F8Ti. The van der Waals surface area contributed by atoms with Crippen LogP contribution < -0.4 is 0 Å². The Balaban J connectivity index is 0.000000380. The standard InChI is InChI=1S/2C6HF4.C6H7.Ti/c2*7-3-1-4(8)6(10)2-5(3)9;1-6-4-2-3-5-6;/h2*1H;2,4H,3H2,1H3;/q3*-1;+3. The Kier molecular flexibility index (Phi) is 10.9. The van der Waals surface area contributed by atoms with Crippen LogP contribution in [0.5, 0.6) is 0 Å². The molecule has 1 aliphatic rings. The van der Waals surface area contributed by atoms with Crippen LogP contribution in [0.3, 0.4) is 0 Å². The van der Waals surface area contributed by atoms with E-state index in [2.05, 4.69) is 25.2 Å². The zero-order valence-corrected chi connectivity index (χ0v) is 15.1. The summed E-state index contributed by atoms with van der Waals surface area (Å²) in [4.78, 5) is 0. The van der Waals surface area contributed by atoms with Crippen LogP contribution in [0, 0.1) is 64.7 Å². The third-order valence-corrected chi connectivity index (χ3v) is 2.65. The molecule has 0 N–H and O–H groups in total. The summed E-state index contributed by atoms with van der Waals surface area (Å²) in [6, 6.07) is 2.70. The van der Waals surface area contributed by atoms with Gasteiger partial charge in [-0.1, -0.05) is 19.1 Å². The molecule has 27 heavy (non-hydrogen) atoms. The van der Waals surface area contributed by atoms with E-state index < -0.39 is 46.5 Å². The summed E-state index contributed by atoms with van der Waals surface area (Å²) in [5, 5.41) is 0. The van der Waals surface area contributed by atoms with Gasteiger partial charge in [0.2, 0.25) is 0 Å². The van der Waals surface area contributed by atoms with E-state index in [-0.39, 0.29) is 33.9 Å². The van der Waals surface area contributed by atoms with E-state index in [0.29, 0.717) is 0 Å². The Morgan fingerprint density at radius 3 is 1.15 bits per heavy atom. The van der Waals surface area contributed by atoms with E-state index in [4.69, 9.17) is 0 Å². The van der Waals surface area contributed by atoms with Crippen LogP contribution in [0.2, 0.25) is 0 Å². The van der Waals surface area contributed by atoms with Gasteiger partial charge in [-0.25, -0.2) is 29.2 Å². The summed E-state index contributed by atoms with van der Waals surface area (Å²) in [6.45, 7) is 2.06. The Bertz CT molecular complexity index is 672. The number of halogens is 8. The monoisotopic (exact) mass is 425 g/mol. The van der Waals surface area contributed by atoms with Crippen molar-refractivity contribution in [2.75, 3.05) is 0 Å². The molecule has 0 amide bonds. The molecule has 1 radical (unpaired) electrons. The molecule has 9 heteroatoms. The van der Waals surface area contributed by atoms with Gasteiger partial charge in [0.25, 0.3) is 0 Å². The summed E-state index contributed by atoms with van der Waals surface area (Å²) in [5.41, 5.74) is 1.27. The molecule has 2 aromatic carbocycles. The molecule has 0 unspecified atom stereocenters. The second-order valence-electron chi connectivity index (χ2n) is 4.65. The Morgan fingerprint density at radius 2 is 1.00 bits per heavy atom. The fraction of sp³-hybridized carbons (Fsp3) is 0.111. The van der Waals surface area contributed by atoms with Gasteiger partial charge in [-0.3, -0.25) is 23.6 Å². The Labute approximate surface area is 165 Å². The third-order valence-electron chi connectivity index (χ3n) is 2.65. The van der Waals surface area contributed by atoms with Gasteiger partial charge in [-0.05, 0) is 0 Å². The summed E-state index contributed by atoms with van der Waals surface area (Å²) >= 11 is 0. The quantitative estimate of drug-likeness (QED) is 0.217. The predicted octanol–water partition coefficient (Wildman–Crippen LogP) is 5.78. The van der Waals surface area contributed by atoms with E-state index in [1.54, 1.807) is 0 Å². The SMILES string of the molecule is CC1=[C-]CC=C1.Fc1[c-]c(F)c(F)cc1F.Fc1[c-]c(F)c(F)cc1F.[Ti+3]. The molecule has 0 atom stereocenters. The van der Waals surface area contributed by atoms with Gasteiger partial charge in [0.1, 0.15) is 0 Å². The minimum absolute atomic E-state index is 0. The van der Waals surface area contributed by atoms with Gasteiger partial charge >= 0.3 is 21.7 Å². The molecule has 0 aliphatic heterocycles. The fourth-order valence-electron chi connectivity index (χ4n) is 1.42. The molecule has 0 spiro atoms. The molecule has 3 rings (SSSR count). The largest absolute Gasteiger partial charge is 3.00 e. The normalized spacial score (nSPS) is 11.5. The first-order chi connectivity index (χ1) is 12.1. The maximum absolute atomic E-state index is 11.9. The number of hydrogen-bond acceptors (Lipinski definition) is 0. The van der Waals surface area contributed by atoms with Crippen LogP contribution in [0.1, 0.15) is 13.3 Å². The number of benzene rings is 2. The second kappa shape index (κ2) is 11.7. The molecule has 0 fully saturated rings. The minimum atomic E-state index is -1.51. The van der Waals surface area contributed by atoms with Crippen molar-refractivity contribution in [2.24, 2.45) is 0 Å². The van der Waals surface area contributed by atoms with E-state index in [1.165, 1.54) is 17.7 Å². The average Bonchev–Trinajstić information content (AvgIpc) is 3.04. The van der Waals surface area contributed by atoms with E-state index in [9.17, 15) is 35.1 Å². The first-order valence-corrected chi connectivity index (χ1v) is 6.80. The van der Waals surface area contributed by atoms with Gasteiger partial charge in [0.05, 0.1) is 0 Å². The first kappa shape index (κ1) is 25.1. The van der Waals surface area contributed by atoms with Crippen molar-refractivity contribution in [3.63, 3.8) is 0 Å². The van der Waals surface area contributed by atoms with Gasteiger partial charge in [-0.2, -0.15) is 6.08 Å². The zero-order valence-electron chi connectivity index (χ0n) is 13.5. The smallest absolute Gasteiger partial charge is 0.281 e. The molecule has 0 saturated heterocycles. The second-order valence-corrected chi connectivity index (χ2v) is 4.65. The molecule has 0 bridgehead atoms. The zero-order chi connectivity index (χ0) is 19.9. The average molecular weight is 425 g/mol. The number of hydrogen-bond donors (Lipinski definition) is 0. The van der Waals surface area contributed by atoms with E-state index >= 15 is 0 Å². The summed E-state index contributed by atoms with van der Waals surface area (Å²) in [6.07, 6.45) is 8.33. The van der Waals surface area contributed by atoms with E-state index in [0.717, 1.165) is 6.42 Å². The van der Waals surface area contributed by atoms with Crippen molar-refractivity contribution in [1.82, 2.24) is 0 Å². The maximum Gasteiger partial charge on any atom is 3.00 e.